The van der Waals surface area contributed by atoms with E-state index in [0.717, 1.165) is 46.4 Å². The van der Waals surface area contributed by atoms with E-state index in [1.54, 1.807) is 23.8 Å². The van der Waals surface area contributed by atoms with Crippen molar-refractivity contribution in [1.29, 1.82) is 0 Å². The first-order valence-electron chi connectivity index (χ1n) is 11.0. The molecular weight excluding hydrogens is 460 g/mol. The lowest BCUT2D eigenvalue weighted by molar-refractivity contribution is -0.134. The third kappa shape index (κ3) is 3.97. The van der Waals surface area contributed by atoms with Crippen LogP contribution in [0.25, 0.3) is 22.1 Å². The number of halogens is 1. The van der Waals surface area contributed by atoms with Gasteiger partial charge in [0.15, 0.2) is 0 Å². The third-order valence-electron chi connectivity index (χ3n) is 6.61. The molecule has 33 heavy (non-hydrogen) atoms. The van der Waals surface area contributed by atoms with Gasteiger partial charge in [-0.05, 0) is 42.5 Å². The van der Waals surface area contributed by atoms with Gasteiger partial charge in [-0.1, -0.05) is 24.3 Å². The Morgan fingerprint density at radius 1 is 1.12 bits per heavy atom. The van der Waals surface area contributed by atoms with E-state index in [9.17, 15) is 9.59 Å². The van der Waals surface area contributed by atoms with Crippen LogP contribution in [0, 0.1) is 0 Å². The first-order valence-corrected chi connectivity index (χ1v) is 12.5. The Morgan fingerprint density at radius 2 is 1.88 bits per heavy atom. The molecule has 0 unspecified atom stereocenters. The van der Waals surface area contributed by atoms with Gasteiger partial charge in [-0.3, -0.25) is 9.59 Å². The zero-order chi connectivity index (χ0) is 23.0. The molecule has 1 spiro atoms. The van der Waals surface area contributed by atoms with Crippen LogP contribution < -0.4 is 4.74 Å². The number of methoxy groups -OCH3 is 1. The predicted octanol–water partition coefficient (Wildman–Crippen LogP) is 4.74. The molecule has 0 radical (unpaired) electrons. The number of likely N-dealkylation sites (tertiary alicyclic amines) is 1. The Labute approximate surface area is 201 Å². The van der Waals surface area contributed by atoms with E-state index in [4.69, 9.17) is 20.8 Å². The minimum atomic E-state index is -0.292. The number of thioether (sulfide) groups is 1. The number of carbonyl (C=O) groups is 2. The van der Waals surface area contributed by atoms with Crippen molar-refractivity contribution < 1.29 is 18.7 Å². The van der Waals surface area contributed by atoms with Gasteiger partial charge in [-0.15, -0.1) is 23.4 Å². The van der Waals surface area contributed by atoms with Gasteiger partial charge in [0.05, 0.1) is 24.3 Å². The number of fused-ring (bicyclic) bond motifs is 1. The summed E-state index contributed by atoms with van der Waals surface area (Å²) < 4.78 is 11.8. The fraction of sp³-hybridized carbons (Fsp3) is 0.360. The molecule has 8 heteroatoms. The lowest BCUT2D eigenvalue weighted by Crippen LogP contribution is -2.52. The molecule has 172 valence electrons. The number of hydrogen-bond acceptors (Lipinski definition) is 5. The van der Waals surface area contributed by atoms with Crippen LogP contribution in [0.4, 0.5) is 0 Å². The molecule has 0 bridgehead atoms. The fourth-order valence-corrected chi connectivity index (χ4v) is 6.35. The maximum atomic E-state index is 12.8. The van der Waals surface area contributed by atoms with E-state index < -0.39 is 0 Å². The van der Waals surface area contributed by atoms with Gasteiger partial charge in [0.25, 0.3) is 0 Å². The second-order valence-corrected chi connectivity index (χ2v) is 9.96. The van der Waals surface area contributed by atoms with E-state index in [1.807, 2.05) is 47.4 Å². The molecule has 2 amide bonds. The standard InChI is InChI=1S/C25H25ClN2O4S/c1-31-21-9-7-20(18-4-2-3-5-19(18)21)22-8-6-17(32-22)15-28-24(30)16-33-25(28)10-12-27(13-11-25)23(29)14-26/h2-9H,10-16H2,1H3. The molecule has 2 aromatic carbocycles. The van der Waals surface area contributed by atoms with E-state index in [1.165, 1.54) is 0 Å². The maximum absolute atomic E-state index is 12.8. The second kappa shape index (κ2) is 8.95. The van der Waals surface area contributed by atoms with Gasteiger partial charge in [-0.2, -0.15) is 0 Å². The quantitative estimate of drug-likeness (QED) is 0.489. The Bertz CT molecular complexity index is 1200. The molecule has 0 N–H and O–H groups in total. The minimum Gasteiger partial charge on any atom is -0.496 e. The number of furan rings is 1. The molecule has 0 aliphatic carbocycles. The number of nitrogens with zero attached hydrogens (tertiary/aromatic N) is 2. The van der Waals surface area contributed by atoms with Gasteiger partial charge >= 0.3 is 0 Å². The summed E-state index contributed by atoms with van der Waals surface area (Å²) in [5.74, 6) is 2.86. The minimum absolute atomic E-state index is 0.00198. The van der Waals surface area contributed by atoms with Crippen molar-refractivity contribution in [3.8, 4) is 17.1 Å². The van der Waals surface area contributed by atoms with E-state index in [0.29, 0.717) is 25.4 Å². The number of alkyl halides is 1. The number of rotatable bonds is 5. The highest BCUT2D eigenvalue weighted by Gasteiger charge is 2.48. The molecule has 2 aliphatic heterocycles. The summed E-state index contributed by atoms with van der Waals surface area (Å²) in [6.07, 6.45) is 1.48. The van der Waals surface area contributed by atoms with Crippen molar-refractivity contribution in [3.63, 3.8) is 0 Å². The number of benzene rings is 2. The van der Waals surface area contributed by atoms with Crippen LogP contribution in [0.2, 0.25) is 0 Å². The van der Waals surface area contributed by atoms with Gasteiger partial charge < -0.3 is 19.0 Å². The average molecular weight is 485 g/mol. The zero-order valence-corrected chi connectivity index (χ0v) is 20.0. The number of amides is 2. The van der Waals surface area contributed by atoms with Crippen LogP contribution in [0.15, 0.2) is 52.9 Å². The second-order valence-electron chi connectivity index (χ2n) is 8.36. The molecule has 3 heterocycles. The Morgan fingerprint density at radius 3 is 2.61 bits per heavy atom. The number of ether oxygens (including phenoxy) is 1. The topological polar surface area (TPSA) is 63.0 Å². The lowest BCUT2D eigenvalue weighted by atomic mass is 10.0. The van der Waals surface area contributed by atoms with Crippen molar-refractivity contribution in [2.24, 2.45) is 0 Å². The maximum Gasteiger partial charge on any atom is 0.237 e. The van der Waals surface area contributed by atoms with E-state index in [2.05, 4.69) is 6.07 Å². The summed E-state index contributed by atoms with van der Waals surface area (Å²) in [5, 5.41) is 2.08. The largest absolute Gasteiger partial charge is 0.496 e. The molecule has 2 saturated heterocycles. The van der Waals surface area contributed by atoms with Crippen LogP contribution in [0.5, 0.6) is 5.75 Å². The monoisotopic (exact) mass is 484 g/mol. The van der Waals surface area contributed by atoms with Gasteiger partial charge in [0.1, 0.15) is 23.2 Å². The Balaban J connectivity index is 1.38. The number of piperidine rings is 1. The highest BCUT2D eigenvalue weighted by Crippen LogP contribution is 2.45. The van der Waals surface area contributed by atoms with Crippen molar-refractivity contribution in [1.82, 2.24) is 9.80 Å². The lowest BCUT2D eigenvalue weighted by Gasteiger charge is -2.43. The summed E-state index contributed by atoms with van der Waals surface area (Å²) in [7, 11) is 1.67. The highest BCUT2D eigenvalue weighted by molar-refractivity contribution is 8.01. The molecule has 0 atom stereocenters. The van der Waals surface area contributed by atoms with Crippen LogP contribution in [-0.2, 0) is 16.1 Å². The van der Waals surface area contributed by atoms with E-state index >= 15 is 0 Å². The normalized spacial score (nSPS) is 17.8. The molecule has 0 saturated carbocycles. The summed E-state index contributed by atoms with van der Waals surface area (Å²) >= 11 is 7.40. The van der Waals surface area contributed by atoms with Crippen LogP contribution in [0.3, 0.4) is 0 Å². The van der Waals surface area contributed by atoms with Crippen LogP contribution >= 0.6 is 23.4 Å². The van der Waals surface area contributed by atoms with Crippen molar-refractivity contribution >= 4 is 45.9 Å². The van der Waals surface area contributed by atoms with Crippen molar-refractivity contribution in [3.05, 3.63) is 54.3 Å². The van der Waals surface area contributed by atoms with Gasteiger partial charge in [0, 0.05) is 24.0 Å². The highest BCUT2D eigenvalue weighted by atomic mass is 35.5. The van der Waals surface area contributed by atoms with Crippen LogP contribution in [0.1, 0.15) is 18.6 Å². The summed E-state index contributed by atoms with van der Waals surface area (Å²) in [5.41, 5.74) is 0.988. The average Bonchev–Trinajstić information content (AvgIpc) is 3.44. The molecule has 2 fully saturated rings. The smallest absolute Gasteiger partial charge is 0.237 e. The van der Waals surface area contributed by atoms with Crippen molar-refractivity contribution in [2.45, 2.75) is 24.3 Å². The summed E-state index contributed by atoms with van der Waals surface area (Å²) in [6, 6.07) is 15.9. The number of hydrogen-bond donors (Lipinski definition) is 0. The first-order chi connectivity index (χ1) is 16.0. The zero-order valence-electron chi connectivity index (χ0n) is 18.4. The molecule has 6 nitrogen and oxygen atoms in total. The Kier molecular flexibility index (Phi) is 6.01. The SMILES string of the molecule is COc1ccc(-c2ccc(CN3C(=O)CSC34CCN(C(=O)CCl)CC4)o2)c2ccccc12. The summed E-state index contributed by atoms with van der Waals surface area (Å²) in [4.78, 5) is 28.2. The Hall–Kier alpha value is -2.64. The van der Waals surface area contributed by atoms with E-state index in [-0.39, 0.29) is 22.6 Å². The molecule has 3 aromatic rings. The van der Waals surface area contributed by atoms with Crippen LogP contribution in [-0.4, -0.2) is 58.3 Å². The molecule has 2 aliphatic rings. The molecule has 1 aromatic heterocycles. The van der Waals surface area contributed by atoms with Gasteiger partial charge in [0.2, 0.25) is 11.8 Å². The fourth-order valence-electron chi connectivity index (χ4n) is 4.84. The first kappa shape index (κ1) is 22.2. The molecule has 5 rings (SSSR count). The molecular formula is C25H25ClN2O4S. The summed E-state index contributed by atoms with van der Waals surface area (Å²) in [6.45, 7) is 1.65. The number of carbonyl (C=O) groups excluding carboxylic acids is 2. The third-order valence-corrected chi connectivity index (χ3v) is 8.40. The van der Waals surface area contributed by atoms with Crippen molar-refractivity contribution in [2.75, 3.05) is 31.8 Å². The van der Waals surface area contributed by atoms with Gasteiger partial charge in [-0.25, -0.2) is 0 Å². The predicted molar refractivity (Wildman–Crippen MR) is 130 cm³/mol.